The molecule has 102 valence electrons. The van der Waals surface area contributed by atoms with Crippen molar-refractivity contribution in [2.75, 3.05) is 13.7 Å². The first-order valence-corrected chi connectivity index (χ1v) is 5.64. The van der Waals surface area contributed by atoms with Crippen molar-refractivity contribution in [2.45, 2.75) is 32.0 Å². The summed E-state index contributed by atoms with van der Waals surface area (Å²) in [5.41, 5.74) is -1.08. The van der Waals surface area contributed by atoms with Crippen LogP contribution in [0.15, 0.2) is 18.2 Å². The number of benzene rings is 1. The Morgan fingerprint density at radius 3 is 2.28 bits per heavy atom. The van der Waals surface area contributed by atoms with Gasteiger partial charge in [-0.1, -0.05) is 13.0 Å². The molecule has 0 bridgehead atoms. The molecule has 1 aromatic carbocycles. The van der Waals surface area contributed by atoms with E-state index in [0.29, 0.717) is 17.5 Å². The lowest BCUT2D eigenvalue weighted by Crippen LogP contribution is -2.31. The molecule has 0 radical (unpaired) electrons. The van der Waals surface area contributed by atoms with Crippen LogP contribution in [0.4, 0.5) is 13.2 Å². The molecule has 1 N–H and O–H groups in total. The quantitative estimate of drug-likeness (QED) is 0.902. The summed E-state index contributed by atoms with van der Waals surface area (Å²) in [7, 11) is 1.44. The van der Waals surface area contributed by atoms with Crippen LogP contribution < -0.4 is 0 Å². The van der Waals surface area contributed by atoms with E-state index < -0.39 is 17.3 Å². The molecule has 0 saturated heterocycles. The Bertz CT molecular complexity index is 415. The van der Waals surface area contributed by atoms with Crippen LogP contribution >= 0.6 is 0 Å². The number of alkyl halides is 3. The summed E-state index contributed by atoms with van der Waals surface area (Å²) in [6, 6.07) is 3.35. The summed E-state index contributed by atoms with van der Waals surface area (Å²) >= 11 is 0. The van der Waals surface area contributed by atoms with Gasteiger partial charge in [-0.3, -0.25) is 0 Å². The highest BCUT2D eigenvalue weighted by molar-refractivity contribution is 5.36. The molecule has 2 nitrogen and oxygen atoms in total. The third kappa shape index (κ3) is 3.03. The number of ether oxygens (including phenoxy) is 1. The van der Waals surface area contributed by atoms with Crippen molar-refractivity contribution in [3.63, 3.8) is 0 Å². The van der Waals surface area contributed by atoms with Gasteiger partial charge in [-0.15, -0.1) is 0 Å². The summed E-state index contributed by atoms with van der Waals surface area (Å²) < 4.78 is 42.5. The first-order chi connectivity index (χ1) is 8.24. The lowest BCUT2D eigenvalue weighted by Gasteiger charge is -2.28. The minimum Gasteiger partial charge on any atom is -0.383 e. The van der Waals surface area contributed by atoms with E-state index in [2.05, 4.69) is 0 Å². The zero-order valence-corrected chi connectivity index (χ0v) is 10.6. The van der Waals surface area contributed by atoms with Crippen LogP contribution in [0.5, 0.6) is 0 Å². The average molecular weight is 262 g/mol. The Balaban J connectivity index is 3.20. The molecular formula is C13H17F3O2. The predicted octanol–water partition coefficient (Wildman–Crippen LogP) is 3.26. The van der Waals surface area contributed by atoms with Crippen LogP contribution in [-0.2, 0) is 16.5 Å². The van der Waals surface area contributed by atoms with Gasteiger partial charge in [0.25, 0.3) is 0 Å². The van der Waals surface area contributed by atoms with E-state index in [9.17, 15) is 18.3 Å². The van der Waals surface area contributed by atoms with Crippen molar-refractivity contribution in [1.29, 1.82) is 0 Å². The van der Waals surface area contributed by atoms with Crippen molar-refractivity contribution in [3.05, 3.63) is 34.9 Å². The Morgan fingerprint density at radius 1 is 1.28 bits per heavy atom. The molecule has 1 unspecified atom stereocenters. The van der Waals surface area contributed by atoms with Gasteiger partial charge in [-0.05, 0) is 36.6 Å². The van der Waals surface area contributed by atoms with E-state index in [-0.39, 0.29) is 6.61 Å². The van der Waals surface area contributed by atoms with Gasteiger partial charge in [0, 0.05) is 7.11 Å². The second-order valence-electron chi connectivity index (χ2n) is 4.35. The van der Waals surface area contributed by atoms with Crippen molar-refractivity contribution < 1.29 is 23.0 Å². The van der Waals surface area contributed by atoms with Crippen molar-refractivity contribution >= 4 is 0 Å². The van der Waals surface area contributed by atoms with Gasteiger partial charge in [-0.25, -0.2) is 0 Å². The molecule has 5 heteroatoms. The Hall–Kier alpha value is -1.07. The van der Waals surface area contributed by atoms with E-state index in [1.807, 2.05) is 0 Å². The van der Waals surface area contributed by atoms with Gasteiger partial charge >= 0.3 is 6.18 Å². The predicted molar refractivity (Wildman–Crippen MR) is 62.2 cm³/mol. The summed E-state index contributed by atoms with van der Waals surface area (Å²) in [6.45, 7) is 3.37. The average Bonchev–Trinajstić information content (AvgIpc) is 2.27. The molecule has 0 aliphatic heterocycles. The van der Waals surface area contributed by atoms with Gasteiger partial charge in [0.15, 0.2) is 0 Å². The lowest BCUT2D eigenvalue weighted by atomic mass is 9.87. The molecule has 1 atom stereocenters. The number of aryl methyl sites for hydroxylation is 1. The number of methoxy groups -OCH3 is 1. The Labute approximate surface area is 104 Å². The largest absolute Gasteiger partial charge is 0.416 e. The first kappa shape index (κ1) is 15.0. The fourth-order valence-corrected chi connectivity index (χ4v) is 1.97. The molecule has 0 amide bonds. The number of hydrogen-bond acceptors (Lipinski definition) is 2. The maximum atomic E-state index is 12.5. The zero-order valence-electron chi connectivity index (χ0n) is 10.6. The van der Waals surface area contributed by atoms with Crippen molar-refractivity contribution in [1.82, 2.24) is 0 Å². The molecule has 0 heterocycles. The summed E-state index contributed by atoms with van der Waals surface area (Å²) in [6.07, 6.45) is -4.00. The molecule has 0 spiro atoms. The summed E-state index contributed by atoms with van der Waals surface area (Å²) in [4.78, 5) is 0. The van der Waals surface area contributed by atoms with Gasteiger partial charge in [-0.2, -0.15) is 13.2 Å². The third-order valence-corrected chi connectivity index (χ3v) is 3.02. The lowest BCUT2D eigenvalue weighted by molar-refractivity contribution is -0.137. The number of rotatable bonds is 4. The highest BCUT2D eigenvalue weighted by Crippen LogP contribution is 2.34. The molecule has 0 aliphatic carbocycles. The van der Waals surface area contributed by atoms with Gasteiger partial charge in [0.05, 0.1) is 12.2 Å². The van der Waals surface area contributed by atoms with E-state index in [1.54, 1.807) is 13.8 Å². The second-order valence-corrected chi connectivity index (χ2v) is 4.35. The highest BCUT2D eigenvalue weighted by atomic mass is 19.4. The van der Waals surface area contributed by atoms with E-state index in [0.717, 1.165) is 12.1 Å². The van der Waals surface area contributed by atoms with E-state index in [4.69, 9.17) is 4.74 Å². The molecule has 0 fully saturated rings. The maximum Gasteiger partial charge on any atom is 0.416 e. The fourth-order valence-electron chi connectivity index (χ4n) is 1.97. The van der Waals surface area contributed by atoms with Gasteiger partial charge < -0.3 is 9.84 Å². The molecule has 0 aliphatic rings. The minimum atomic E-state index is -4.37. The van der Waals surface area contributed by atoms with Gasteiger partial charge in [0.1, 0.15) is 5.60 Å². The van der Waals surface area contributed by atoms with Crippen LogP contribution in [0.2, 0.25) is 0 Å². The molecule has 0 aromatic heterocycles. The number of halogens is 3. The maximum absolute atomic E-state index is 12.5. The number of aliphatic hydroxyl groups is 1. The standard InChI is InChI=1S/C13H17F3O2/c1-4-12(17,8-18-3)11-6-5-10(7-9(11)2)13(14,15)16/h5-7,17H,4,8H2,1-3H3. The van der Waals surface area contributed by atoms with Crippen LogP contribution in [0.1, 0.15) is 30.0 Å². The van der Waals surface area contributed by atoms with Gasteiger partial charge in [0.2, 0.25) is 0 Å². The summed E-state index contributed by atoms with van der Waals surface area (Å²) in [5.74, 6) is 0. The molecular weight excluding hydrogens is 245 g/mol. The topological polar surface area (TPSA) is 29.5 Å². The van der Waals surface area contributed by atoms with Crippen molar-refractivity contribution in [2.24, 2.45) is 0 Å². The summed E-state index contributed by atoms with van der Waals surface area (Å²) in [5, 5.41) is 10.4. The zero-order chi connectivity index (χ0) is 14.0. The Morgan fingerprint density at radius 2 is 1.89 bits per heavy atom. The molecule has 1 aromatic rings. The molecule has 18 heavy (non-hydrogen) atoms. The highest BCUT2D eigenvalue weighted by Gasteiger charge is 2.33. The van der Waals surface area contributed by atoms with Crippen molar-refractivity contribution in [3.8, 4) is 0 Å². The SMILES string of the molecule is CCC(O)(COC)c1ccc(C(F)(F)F)cc1C. The molecule has 0 saturated carbocycles. The number of hydrogen-bond donors (Lipinski definition) is 1. The van der Waals surface area contributed by atoms with E-state index >= 15 is 0 Å². The minimum absolute atomic E-state index is 0.0513. The van der Waals surface area contributed by atoms with Crippen LogP contribution in [0.3, 0.4) is 0 Å². The molecule has 1 rings (SSSR count). The fraction of sp³-hybridized carbons (Fsp3) is 0.538. The Kier molecular flexibility index (Phi) is 4.40. The monoisotopic (exact) mass is 262 g/mol. The van der Waals surface area contributed by atoms with Crippen LogP contribution in [-0.4, -0.2) is 18.8 Å². The van der Waals surface area contributed by atoms with Crippen LogP contribution in [0, 0.1) is 6.92 Å². The van der Waals surface area contributed by atoms with Crippen LogP contribution in [0.25, 0.3) is 0 Å². The van der Waals surface area contributed by atoms with E-state index in [1.165, 1.54) is 13.2 Å². The third-order valence-electron chi connectivity index (χ3n) is 3.02. The second kappa shape index (κ2) is 5.28. The smallest absolute Gasteiger partial charge is 0.383 e. The first-order valence-electron chi connectivity index (χ1n) is 5.64. The normalized spacial score (nSPS) is 15.5.